The minimum Gasteiger partial charge on any atom is -0.478 e. The molecule has 0 radical (unpaired) electrons. The Kier molecular flexibility index (Phi) is 4.95. The Labute approximate surface area is 173 Å². The third-order valence-electron chi connectivity index (χ3n) is 5.58. The monoisotopic (exact) mass is 404 g/mol. The maximum Gasteiger partial charge on any atom is 0.335 e. The zero-order chi connectivity index (χ0) is 21.4. The van der Waals surface area contributed by atoms with E-state index < -0.39 is 11.9 Å². The van der Waals surface area contributed by atoms with Gasteiger partial charge in [-0.3, -0.25) is 19.3 Å². The van der Waals surface area contributed by atoms with Gasteiger partial charge < -0.3 is 10.4 Å². The van der Waals surface area contributed by atoms with Crippen LogP contribution in [0.2, 0.25) is 0 Å². The summed E-state index contributed by atoms with van der Waals surface area (Å²) in [6, 6.07) is 12.2. The summed E-state index contributed by atoms with van der Waals surface area (Å²) in [6.07, 6.45) is 3.15. The first-order valence-corrected chi connectivity index (χ1v) is 9.63. The first-order valence-electron chi connectivity index (χ1n) is 9.63. The number of amides is 3. The fourth-order valence-corrected chi connectivity index (χ4v) is 3.98. The number of carbonyl (C=O) groups is 4. The van der Waals surface area contributed by atoms with Crippen LogP contribution in [0.5, 0.6) is 0 Å². The molecule has 2 aliphatic rings. The lowest BCUT2D eigenvalue weighted by Crippen LogP contribution is -2.31. The molecule has 0 saturated carbocycles. The van der Waals surface area contributed by atoms with Crippen molar-refractivity contribution in [2.75, 3.05) is 10.2 Å². The number of fused-ring (bicyclic) bond motifs is 1. The fourth-order valence-electron chi connectivity index (χ4n) is 3.98. The smallest absolute Gasteiger partial charge is 0.335 e. The first kappa shape index (κ1) is 19.6. The van der Waals surface area contributed by atoms with Crippen molar-refractivity contribution in [3.63, 3.8) is 0 Å². The molecular weight excluding hydrogens is 384 g/mol. The normalized spacial score (nSPS) is 20.6. The van der Waals surface area contributed by atoms with Crippen molar-refractivity contribution in [1.82, 2.24) is 0 Å². The highest BCUT2D eigenvalue weighted by atomic mass is 16.4. The summed E-state index contributed by atoms with van der Waals surface area (Å²) in [6.45, 7) is 1.96. The number of benzene rings is 2. The Morgan fingerprint density at radius 3 is 2.40 bits per heavy atom. The number of nitrogens with one attached hydrogen (secondary N) is 1. The van der Waals surface area contributed by atoms with Crippen LogP contribution in [-0.4, -0.2) is 28.8 Å². The van der Waals surface area contributed by atoms with Crippen molar-refractivity contribution in [2.24, 2.45) is 11.8 Å². The third-order valence-corrected chi connectivity index (χ3v) is 5.58. The van der Waals surface area contributed by atoms with Crippen LogP contribution in [0.3, 0.4) is 0 Å². The topological polar surface area (TPSA) is 104 Å². The van der Waals surface area contributed by atoms with Gasteiger partial charge in [-0.25, -0.2) is 4.79 Å². The molecule has 7 nitrogen and oxygen atoms in total. The van der Waals surface area contributed by atoms with Gasteiger partial charge in [0.2, 0.25) is 11.8 Å². The van der Waals surface area contributed by atoms with Gasteiger partial charge in [0, 0.05) is 11.3 Å². The van der Waals surface area contributed by atoms with E-state index in [-0.39, 0.29) is 29.2 Å². The second-order valence-electron chi connectivity index (χ2n) is 7.60. The summed E-state index contributed by atoms with van der Waals surface area (Å²) in [5, 5.41) is 11.6. The number of carboxylic acid groups (broad SMARTS) is 1. The van der Waals surface area contributed by atoms with Crippen molar-refractivity contribution >= 4 is 35.1 Å². The van der Waals surface area contributed by atoms with Gasteiger partial charge in [-0.1, -0.05) is 17.7 Å². The molecule has 2 aromatic carbocycles. The molecule has 7 heteroatoms. The minimum atomic E-state index is -1.05. The predicted octanol–water partition coefficient (Wildman–Crippen LogP) is 3.48. The maximum absolute atomic E-state index is 12.9. The van der Waals surface area contributed by atoms with Gasteiger partial charge in [0.1, 0.15) is 0 Å². The zero-order valence-electron chi connectivity index (χ0n) is 16.3. The second-order valence-corrected chi connectivity index (χ2v) is 7.60. The standard InChI is InChI=1S/C23H20N2O5/c1-13-5-10-18-19(11-13)22(28)25(21(18)27)17-4-2-3-15(12-17)20(26)24-16-8-6-14(7-9-16)23(29)30/h2-9,12,18-19H,10-11H2,1H3,(H,24,26)(H,29,30)/t18-,19-/m1/s1. The van der Waals surface area contributed by atoms with E-state index in [9.17, 15) is 19.2 Å². The number of hydrogen-bond acceptors (Lipinski definition) is 4. The van der Waals surface area contributed by atoms with Crippen molar-refractivity contribution < 1.29 is 24.3 Å². The average Bonchev–Trinajstić information content (AvgIpc) is 2.98. The lowest BCUT2D eigenvalue weighted by molar-refractivity contribution is -0.122. The number of carbonyl (C=O) groups excluding carboxylic acids is 3. The molecule has 1 saturated heterocycles. The Balaban J connectivity index is 1.54. The Hall–Kier alpha value is -3.74. The number of imide groups is 1. The highest BCUT2D eigenvalue weighted by Crippen LogP contribution is 2.39. The number of anilines is 2. The van der Waals surface area contributed by atoms with Gasteiger partial charge in [0.25, 0.3) is 5.91 Å². The van der Waals surface area contributed by atoms with Crippen LogP contribution in [0.1, 0.15) is 40.5 Å². The molecule has 2 atom stereocenters. The van der Waals surface area contributed by atoms with E-state index in [1.807, 2.05) is 13.0 Å². The third kappa shape index (κ3) is 3.50. The largest absolute Gasteiger partial charge is 0.478 e. The van der Waals surface area contributed by atoms with Crippen LogP contribution in [0.15, 0.2) is 60.2 Å². The summed E-state index contributed by atoms with van der Waals surface area (Å²) in [5.74, 6) is -2.60. The molecule has 30 heavy (non-hydrogen) atoms. The van der Waals surface area contributed by atoms with Crippen molar-refractivity contribution in [2.45, 2.75) is 19.8 Å². The molecule has 1 aliphatic heterocycles. The van der Waals surface area contributed by atoms with Gasteiger partial charge in [0.15, 0.2) is 0 Å². The summed E-state index contributed by atoms with van der Waals surface area (Å²) >= 11 is 0. The van der Waals surface area contributed by atoms with Crippen molar-refractivity contribution in [3.05, 3.63) is 71.3 Å². The number of hydrogen-bond donors (Lipinski definition) is 2. The zero-order valence-corrected chi connectivity index (χ0v) is 16.3. The van der Waals surface area contributed by atoms with E-state index in [1.54, 1.807) is 18.2 Å². The molecule has 4 rings (SSSR count). The molecule has 152 valence electrons. The summed E-state index contributed by atoms with van der Waals surface area (Å²) in [5.41, 5.74) is 2.34. The number of aromatic carboxylic acids is 1. The highest BCUT2D eigenvalue weighted by molar-refractivity contribution is 6.22. The van der Waals surface area contributed by atoms with Gasteiger partial charge in [-0.15, -0.1) is 0 Å². The predicted molar refractivity (Wildman–Crippen MR) is 110 cm³/mol. The van der Waals surface area contributed by atoms with E-state index >= 15 is 0 Å². The fraction of sp³-hybridized carbons (Fsp3) is 0.217. The van der Waals surface area contributed by atoms with E-state index in [1.165, 1.54) is 35.2 Å². The van der Waals surface area contributed by atoms with E-state index in [4.69, 9.17) is 5.11 Å². The number of rotatable bonds is 4. The van der Waals surface area contributed by atoms with E-state index in [0.29, 0.717) is 29.8 Å². The SMILES string of the molecule is CC1=CC[C@H]2C(=O)N(c3cccc(C(=O)Nc4ccc(C(=O)O)cc4)c3)C(=O)[C@@H]2C1. The Morgan fingerprint density at radius 1 is 1.00 bits per heavy atom. The molecule has 2 aromatic rings. The second kappa shape index (κ2) is 7.59. The Morgan fingerprint density at radius 2 is 1.70 bits per heavy atom. The molecular formula is C23H20N2O5. The summed E-state index contributed by atoms with van der Waals surface area (Å²) in [7, 11) is 0. The van der Waals surface area contributed by atoms with Crippen LogP contribution >= 0.6 is 0 Å². The van der Waals surface area contributed by atoms with Gasteiger partial charge in [0.05, 0.1) is 23.1 Å². The molecule has 0 aromatic heterocycles. The van der Waals surface area contributed by atoms with Crippen LogP contribution in [0, 0.1) is 11.8 Å². The molecule has 1 aliphatic carbocycles. The van der Waals surface area contributed by atoms with Crippen molar-refractivity contribution in [1.29, 1.82) is 0 Å². The van der Waals surface area contributed by atoms with Crippen molar-refractivity contribution in [3.8, 4) is 0 Å². The highest BCUT2D eigenvalue weighted by Gasteiger charge is 2.48. The summed E-state index contributed by atoms with van der Waals surface area (Å²) < 4.78 is 0. The lowest BCUT2D eigenvalue weighted by Gasteiger charge is -2.18. The number of nitrogens with zero attached hydrogens (tertiary/aromatic N) is 1. The lowest BCUT2D eigenvalue weighted by atomic mass is 9.82. The van der Waals surface area contributed by atoms with E-state index in [0.717, 1.165) is 5.57 Å². The van der Waals surface area contributed by atoms with Gasteiger partial charge in [-0.05, 0) is 62.2 Å². The average molecular weight is 404 g/mol. The molecule has 0 unspecified atom stereocenters. The van der Waals surface area contributed by atoms with Crippen LogP contribution in [0.25, 0.3) is 0 Å². The molecule has 1 heterocycles. The van der Waals surface area contributed by atoms with Gasteiger partial charge in [-0.2, -0.15) is 0 Å². The number of allylic oxidation sites excluding steroid dienone is 2. The van der Waals surface area contributed by atoms with Crippen LogP contribution in [0.4, 0.5) is 11.4 Å². The Bertz CT molecular complexity index is 1090. The van der Waals surface area contributed by atoms with E-state index in [2.05, 4.69) is 5.32 Å². The minimum absolute atomic E-state index is 0.118. The molecule has 2 N–H and O–H groups in total. The van der Waals surface area contributed by atoms with Crippen LogP contribution < -0.4 is 10.2 Å². The first-order chi connectivity index (χ1) is 14.3. The molecule has 0 bridgehead atoms. The van der Waals surface area contributed by atoms with Crippen LogP contribution in [-0.2, 0) is 9.59 Å². The summed E-state index contributed by atoms with van der Waals surface area (Å²) in [4.78, 5) is 50.5. The molecule has 0 spiro atoms. The number of carboxylic acids is 1. The van der Waals surface area contributed by atoms with Gasteiger partial charge >= 0.3 is 5.97 Å². The molecule has 1 fully saturated rings. The quantitative estimate of drug-likeness (QED) is 0.600. The molecule has 3 amide bonds. The maximum atomic E-state index is 12.9.